The smallest absolute Gasteiger partial charge is 0.354 e. The van der Waals surface area contributed by atoms with Crippen LogP contribution in [-0.4, -0.2) is 34.6 Å². The van der Waals surface area contributed by atoms with Gasteiger partial charge in [0.1, 0.15) is 11.9 Å². The van der Waals surface area contributed by atoms with Gasteiger partial charge in [0.15, 0.2) is 5.69 Å². The fourth-order valence-corrected chi connectivity index (χ4v) is 1.25. The Morgan fingerprint density at radius 1 is 1.47 bits per heavy atom. The van der Waals surface area contributed by atoms with Crippen LogP contribution < -0.4 is 10.6 Å². The molecular formula is C11H15N3O3. The van der Waals surface area contributed by atoms with Crippen LogP contribution in [0.15, 0.2) is 18.2 Å². The van der Waals surface area contributed by atoms with Crippen molar-refractivity contribution in [1.82, 2.24) is 10.3 Å². The van der Waals surface area contributed by atoms with Gasteiger partial charge in [0, 0.05) is 6.54 Å². The van der Waals surface area contributed by atoms with Gasteiger partial charge in [-0.2, -0.15) is 0 Å². The number of nitrogens with one attached hydrogen (secondary N) is 2. The molecule has 1 amide bonds. The average molecular weight is 237 g/mol. The molecule has 6 heteroatoms. The lowest BCUT2D eigenvalue weighted by molar-refractivity contribution is -0.121. The molecule has 0 saturated heterocycles. The largest absolute Gasteiger partial charge is 0.477 e. The molecule has 0 fully saturated rings. The minimum Gasteiger partial charge on any atom is -0.477 e. The molecule has 1 rings (SSSR count). The summed E-state index contributed by atoms with van der Waals surface area (Å²) in [6, 6.07) is 4.11. The van der Waals surface area contributed by atoms with Gasteiger partial charge >= 0.3 is 5.97 Å². The quantitative estimate of drug-likeness (QED) is 0.701. The first-order chi connectivity index (χ1) is 8.04. The number of likely N-dealkylation sites (N-methyl/N-ethyl adjacent to an activating group) is 1. The van der Waals surface area contributed by atoms with Crippen LogP contribution in [0.3, 0.4) is 0 Å². The minimum atomic E-state index is -1.10. The molecule has 0 bridgehead atoms. The Balaban J connectivity index is 2.71. The fraction of sp³-hybridized carbons (Fsp3) is 0.364. The highest BCUT2D eigenvalue weighted by Gasteiger charge is 2.12. The molecule has 1 atom stereocenters. The minimum absolute atomic E-state index is 0.0573. The van der Waals surface area contributed by atoms with Crippen LogP contribution in [0, 0.1) is 0 Å². The number of aromatic carboxylic acids is 1. The van der Waals surface area contributed by atoms with Gasteiger partial charge in [-0.15, -0.1) is 0 Å². The van der Waals surface area contributed by atoms with E-state index in [4.69, 9.17) is 5.11 Å². The summed E-state index contributed by atoms with van der Waals surface area (Å²) in [6.07, 6.45) is 0. The van der Waals surface area contributed by atoms with Crippen LogP contribution in [0.5, 0.6) is 0 Å². The van der Waals surface area contributed by atoms with Gasteiger partial charge in [-0.3, -0.25) is 4.79 Å². The zero-order valence-corrected chi connectivity index (χ0v) is 9.73. The summed E-state index contributed by atoms with van der Waals surface area (Å²) in [5.74, 6) is -0.891. The van der Waals surface area contributed by atoms with Crippen molar-refractivity contribution >= 4 is 17.7 Å². The Labute approximate surface area is 99.1 Å². The Morgan fingerprint density at radius 3 is 2.76 bits per heavy atom. The molecular weight excluding hydrogens is 222 g/mol. The van der Waals surface area contributed by atoms with Gasteiger partial charge in [-0.25, -0.2) is 9.78 Å². The van der Waals surface area contributed by atoms with Crippen molar-refractivity contribution in [1.29, 1.82) is 0 Å². The third kappa shape index (κ3) is 3.75. The van der Waals surface area contributed by atoms with E-state index in [-0.39, 0.29) is 11.6 Å². The maximum Gasteiger partial charge on any atom is 0.354 e. The molecule has 0 aromatic carbocycles. The van der Waals surface area contributed by atoms with E-state index in [1.807, 2.05) is 6.92 Å². The Hall–Kier alpha value is -2.11. The second-order valence-corrected chi connectivity index (χ2v) is 3.47. The van der Waals surface area contributed by atoms with Gasteiger partial charge in [-0.05, 0) is 26.0 Å². The zero-order valence-electron chi connectivity index (χ0n) is 9.73. The summed E-state index contributed by atoms with van der Waals surface area (Å²) in [4.78, 5) is 26.0. The van der Waals surface area contributed by atoms with Gasteiger partial charge in [0.05, 0.1) is 0 Å². The molecule has 1 unspecified atom stereocenters. The van der Waals surface area contributed by atoms with E-state index in [0.29, 0.717) is 12.4 Å². The number of carboxylic acids is 1. The number of aromatic nitrogens is 1. The predicted octanol–water partition coefficient (Wildman–Crippen LogP) is 0.716. The van der Waals surface area contributed by atoms with Crippen LogP contribution in [0.2, 0.25) is 0 Å². The molecule has 6 nitrogen and oxygen atoms in total. The number of hydrogen-bond acceptors (Lipinski definition) is 4. The monoisotopic (exact) mass is 237 g/mol. The number of pyridine rings is 1. The average Bonchev–Trinajstić information content (AvgIpc) is 2.29. The van der Waals surface area contributed by atoms with E-state index >= 15 is 0 Å². The van der Waals surface area contributed by atoms with Crippen molar-refractivity contribution in [3.63, 3.8) is 0 Å². The van der Waals surface area contributed by atoms with Crippen LogP contribution in [-0.2, 0) is 4.79 Å². The van der Waals surface area contributed by atoms with Crippen molar-refractivity contribution in [3.8, 4) is 0 Å². The number of rotatable bonds is 5. The molecule has 1 aromatic heterocycles. The van der Waals surface area contributed by atoms with Crippen molar-refractivity contribution in [2.75, 3.05) is 11.9 Å². The highest BCUT2D eigenvalue weighted by atomic mass is 16.4. The maximum absolute atomic E-state index is 11.4. The van der Waals surface area contributed by atoms with E-state index in [1.165, 1.54) is 6.07 Å². The van der Waals surface area contributed by atoms with Crippen LogP contribution in [0.1, 0.15) is 24.3 Å². The molecule has 3 N–H and O–H groups in total. The molecule has 0 aliphatic heterocycles. The third-order valence-electron chi connectivity index (χ3n) is 2.08. The summed E-state index contributed by atoms with van der Waals surface area (Å²) >= 11 is 0. The van der Waals surface area contributed by atoms with E-state index in [9.17, 15) is 9.59 Å². The Bertz CT molecular complexity index is 420. The topological polar surface area (TPSA) is 91.3 Å². The maximum atomic E-state index is 11.4. The van der Waals surface area contributed by atoms with E-state index in [2.05, 4.69) is 15.6 Å². The summed E-state index contributed by atoms with van der Waals surface area (Å²) in [7, 11) is 0. The predicted molar refractivity (Wildman–Crippen MR) is 63.0 cm³/mol. The van der Waals surface area contributed by atoms with Crippen molar-refractivity contribution in [3.05, 3.63) is 23.9 Å². The molecule has 0 aliphatic carbocycles. The second-order valence-electron chi connectivity index (χ2n) is 3.47. The summed E-state index contributed by atoms with van der Waals surface area (Å²) in [5, 5.41) is 14.3. The lowest BCUT2D eigenvalue weighted by atomic mass is 10.3. The molecule has 0 aliphatic rings. The van der Waals surface area contributed by atoms with Crippen molar-refractivity contribution in [2.24, 2.45) is 0 Å². The normalized spacial score (nSPS) is 11.6. The number of amides is 1. The first-order valence-electron chi connectivity index (χ1n) is 5.29. The molecule has 0 spiro atoms. The Morgan fingerprint density at radius 2 is 2.18 bits per heavy atom. The van der Waals surface area contributed by atoms with E-state index in [0.717, 1.165) is 0 Å². The van der Waals surface area contributed by atoms with Gasteiger partial charge < -0.3 is 15.7 Å². The molecule has 0 saturated carbocycles. The summed E-state index contributed by atoms with van der Waals surface area (Å²) in [5.41, 5.74) is -0.0573. The van der Waals surface area contributed by atoms with Gasteiger partial charge in [-0.1, -0.05) is 6.07 Å². The number of carbonyl (C=O) groups is 2. The standard InChI is InChI=1S/C11H15N3O3/c1-3-12-10(15)7(2)13-9-6-4-5-8(14-9)11(16)17/h4-7H,3H2,1-2H3,(H,12,15)(H,13,14)(H,16,17). The van der Waals surface area contributed by atoms with Crippen LogP contribution in [0.25, 0.3) is 0 Å². The SMILES string of the molecule is CCNC(=O)C(C)Nc1cccc(C(=O)O)n1. The number of hydrogen-bond donors (Lipinski definition) is 3. The molecule has 1 heterocycles. The van der Waals surface area contributed by atoms with E-state index < -0.39 is 12.0 Å². The van der Waals surface area contributed by atoms with Gasteiger partial charge in [0.2, 0.25) is 5.91 Å². The molecule has 92 valence electrons. The second kappa shape index (κ2) is 5.83. The Kier molecular flexibility index (Phi) is 4.45. The first-order valence-corrected chi connectivity index (χ1v) is 5.29. The summed E-state index contributed by atoms with van der Waals surface area (Å²) in [6.45, 7) is 4.06. The zero-order chi connectivity index (χ0) is 12.8. The summed E-state index contributed by atoms with van der Waals surface area (Å²) < 4.78 is 0. The van der Waals surface area contributed by atoms with Crippen molar-refractivity contribution < 1.29 is 14.7 Å². The highest BCUT2D eigenvalue weighted by molar-refractivity contribution is 5.86. The third-order valence-corrected chi connectivity index (χ3v) is 2.08. The van der Waals surface area contributed by atoms with Crippen LogP contribution >= 0.6 is 0 Å². The van der Waals surface area contributed by atoms with Gasteiger partial charge in [0.25, 0.3) is 0 Å². The molecule has 17 heavy (non-hydrogen) atoms. The number of anilines is 1. The lowest BCUT2D eigenvalue weighted by Gasteiger charge is -2.13. The highest BCUT2D eigenvalue weighted by Crippen LogP contribution is 2.06. The van der Waals surface area contributed by atoms with E-state index in [1.54, 1.807) is 19.1 Å². The molecule has 1 aromatic rings. The molecule has 0 radical (unpaired) electrons. The first kappa shape index (κ1) is 13.0. The number of carboxylic acid groups (broad SMARTS) is 1. The van der Waals surface area contributed by atoms with Crippen molar-refractivity contribution in [2.45, 2.75) is 19.9 Å². The lowest BCUT2D eigenvalue weighted by Crippen LogP contribution is -2.37. The fourth-order valence-electron chi connectivity index (χ4n) is 1.25. The number of nitrogens with zero attached hydrogens (tertiary/aromatic N) is 1. The van der Waals surface area contributed by atoms with Crippen LogP contribution in [0.4, 0.5) is 5.82 Å². The number of carbonyl (C=O) groups excluding carboxylic acids is 1.